The Bertz CT molecular complexity index is 1300. The van der Waals surface area contributed by atoms with Crippen LogP contribution in [0.2, 0.25) is 0 Å². The molecule has 6 fully saturated rings. The Morgan fingerprint density at radius 2 is 1.42 bits per heavy atom. The molecule has 4 aliphatic carbocycles. The molecule has 0 bridgehead atoms. The minimum Gasteiger partial charge on any atom is -0.394 e. The molecular formula is C40H68O12. The minimum absolute atomic E-state index is 0.0983. The van der Waals surface area contributed by atoms with Gasteiger partial charge in [-0.05, 0) is 117 Å². The smallest absolute Gasteiger partial charge is 0.186 e. The van der Waals surface area contributed by atoms with E-state index in [0.717, 1.165) is 32.1 Å². The van der Waals surface area contributed by atoms with Gasteiger partial charge in [-0.15, -0.1) is 0 Å². The molecule has 2 aliphatic heterocycles. The van der Waals surface area contributed by atoms with Gasteiger partial charge in [-0.1, -0.05) is 46.8 Å². The molecule has 0 radical (unpaired) electrons. The molecule has 2 heterocycles. The first kappa shape index (κ1) is 40.9. The second kappa shape index (κ2) is 14.0. The number of aliphatic hydroxyl groups is 8. The van der Waals surface area contributed by atoms with Crippen LogP contribution >= 0.6 is 0 Å². The highest BCUT2D eigenvalue weighted by Crippen LogP contribution is 2.76. The summed E-state index contributed by atoms with van der Waals surface area (Å²) in [4.78, 5) is 0. The van der Waals surface area contributed by atoms with Crippen LogP contribution in [0.5, 0.6) is 0 Å². The topological polar surface area (TPSA) is 199 Å². The normalized spacial score (nSPS) is 51.8. The molecule has 0 amide bonds. The first-order valence-corrected chi connectivity index (χ1v) is 19.7. The molecule has 300 valence electrons. The van der Waals surface area contributed by atoms with E-state index in [-0.39, 0.29) is 58.0 Å². The molecule has 2 saturated heterocycles. The Labute approximate surface area is 309 Å². The van der Waals surface area contributed by atoms with E-state index in [9.17, 15) is 40.9 Å². The third-order valence-corrected chi connectivity index (χ3v) is 15.7. The molecule has 0 spiro atoms. The van der Waals surface area contributed by atoms with Crippen LogP contribution in [-0.2, 0) is 18.9 Å². The van der Waals surface area contributed by atoms with Crippen LogP contribution in [0.1, 0.15) is 107 Å². The maximum Gasteiger partial charge on any atom is 0.186 e. The van der Waals surface area contributed by atoms with Gasteiger partial charge >= 0.3 is 0 Å². The molecule has 12 nitrogen and oxygen atoms in total. The van der Waals surface area contributed by atoms with E-state index in [0.29, 0.717) is 19.3 Å². The number of rotatable bonds is 9. The van der Waals surface area contributed by atoms with Gasteiger partial charge in [0.25, 0.3) is 0 Å². The van der Waals surface area contributed by atoms with Gasteiger partial charge in [0.2, 0.25) is 0 Å². The fraction of sp³-hybridized carbons (Fsp3) is 0.950. The SMILES string of the molecule is CC(C)(O)/C=C/CC(C)(O)C1CCC2(C)C1C(O[C@@H]1OC[C@H](O)[C@H](O)[C@H]1O)CC1C3(C)CCC(O[C@@H]4O[C@@H](CO)[C@H](O)[C@H]4O)C(C)(C)C3CCC12C. The van der Waals surface area contributed by atoms with Crippen molar-refractivity contribution in [1.82, 2.24) is 0 Å². The van der Waals surface area contributed by atoms with Crippen molar-refractivity contribution in [3.8, 4) is 0 Å². The standard InChI is InChI=1S/C40H68O12/c1-35(2,47)13-9-14-40(8,48)21-10-16-39(7)28(21)23(50-33-31(45)29(43)22(42)20-49-33)18-26-37(5)15-12-27(36(3,4)25(37)11-17-38(26,39)6)52-34-32(46)30(44)24(19-41)51-34/h9,13,21-34,41-48H,10-12,14-20H2,1-8H3/b13-9+/t21?,22-,23?,24-,25?,26?,27?,28?,29-,30-,31+,32+,33-,34-,37?,38?,39?,40?/m0/s1. The van der Waals surface area contributed by atoms with Crippen molar-refractivity contribution < 1.29 is 59.8 Å². The molecule has 6 aliphatic rings. The van der Waals surface area contributed by atoms with Gasteiger partial charge in [-0.2, -0.15) is 0 Å². The molecule has 6 rings (SSSR count). The average molecular weight is 741 g/mol. The Hall–Kier alpha value is -0.740. The summed E-state index contributed by atoms with van der Waals surface area (Å²) >= 11 is 0. The van der Waals surface area contributed by atoms with Crippen LogP contribution in [0.25, 0.3) is 0 Å². The predicted octanol–water partition coefficient (Wildman–Crippen LogP) is 2.40. The van der Waals surface area contributed by atoms with Gasteiger partial charge in [0.15, 0.2) is 12.6 Å². The van der Waals surface area contributed by atoms with Crippen molar-refractivity contribution in [3.05, 3.63) is 12.2 Å². The summed E-state index contributed by atoms with van der Waals surface area (Å²) in [5.74, 6) is 0.175. The number of hydrogen-bond acceptors (Lipinski definition) is 12. The van der Waals surface area contributed by atoms with Crippen LogP contribution in [-0.4, -0.2) is 127 Å². The summed E-state index contributed by atoms with van der Waals surface area (Å²) in [5.41, 5.74) is -2.96. The van der Waals surface area contributed by atoms with Crippen LogP contribution in [0.4, 0.5) is 0 Å². The van der Waals surface area contributed by atoms with Gasteiger partial charge < -0.3 is 59.8 Å². The van der Waals surface area contributed by atoms with Gasteiger partial charge in [0, 0.05) is 0 Å². The first-order valence-electron chi connectivity index (χ1n) is 19.7. The fourth-order valence-corrected chi connectivity index (χ4v) is 12.7. The minimum atomic E-state index is -1.43. The highest BCUT2D eigenvalue weighted by Gasteiger charge is 2.72. The van der Waals surface area contributed by atoms with Crippen molar-refractivity contribution in [1.29, 1.82) is 0 Å². The molecule has 0 aromatic rings. The molecule has 4 saturated carbocycles. The van der Waals surface area contributed by atoms with E-state index in [1.54, 1.807) is 19.9 Å². The van der Waals surface area contributed by atoms with E-state index >= 15 is 0 Å². The molecular weight excluding hydrogens is 672 g/mol. The highest BCUT2D eigenvalue weighted by molar-refractivity contribution is 5.21. The quantitative estimate of drug-likeness (QED) is 0.127. The lowest BCUT2D eigenvalue weighted by Crippen LogP contribution is -2.67. The zero-order chi connectivity index (χ0) is 38.4. The Balaban J connectivity index is 1.32. The number of aliphatic hydroxyl groups excluding tert-OH is 6. The van der Waals surface area contributed by atoms with Crippen LogP contribution in [0.3, 0.4) is 0 Å². The van der Waals surface area contributed by atoms with Crippen molar-refractivity contribution in [2.75, 3.05) is 13.2 Å². The summed E-state index contributed by atoms with van der Waals surface area (Å²) in [7, 11) is 0. The van der Waals surface area contributed by atoms with Crippen molar-refractivity contribution >= 4 is 0 Å². The summed E-state index contributed by atoms with van der Waals surface area (Å²) in [5, 5.41) is 85.2. The van der Waals surface area contributed by atoms with E-state index in [4.69, 9.17) is 18.9 Å². The van der Waals surface area contributed by atoms with E-state index in [1.165, 1.54) is 0 Å². The summed E-state index contributed by atoms with van der Waals surface area (Å²) < 4.78 is 24.9. The summed E-state index contributed by atoms with van der Waals surface area (Å²) in [6.07, 6.45) is -0.503. The van der Waals surface area contributed by atoms with Gasteiger partial charge in [-0.25, -0.2) is 0 Å². The molecule has 12 heteroatoms. The van der Waals surface area contributed by atoms with Crippen LogP contribution < -0.4 is 0 Å². The van der Waals surface area contributed by atoms with Crippen molar-refractivity contribution in [2.24, 2.45) is 45.3 Å². The van der Waals surface area contributed by atoms with Gasteiger partial charge in [0.1, 0.15) is 36.6 Å². The second-order valence-electron chi connectivity index (χ2n) is 19.6. The fourth-order valence-electron chi connectivity index (χ4n) is 12.7. The van der Waals surface area contributed by atoms with E-state index in [2.05, 4.69) is 34.6 Å². The lowest BCUT2D eigenvalue weighted by molar-refractivity contribution is -0.319. The Morgan fingerprint density at radius 1 is 0.769 bits per heavy atom. The van der Waals surface area contributed by atoms with E-state index in [1.807, 2.05) is 13.0 Å². The lowest BCUT2D eigenvalue weighted by atomic mass is 9.35. The Morgan fingerprint density at radius 3 is 2.06 bits per heavy atom. The maximum absolute atomic E-state index is 12.2. The number of fused-ring (bicyclic) bond motifs is 5. The molecule has 18 atom stereocenters. The van der Waals surface area contributed by atoms with Gasteiger partial charge in [-0.3, -0.25) is 0 Å². The third kappa shape index (κ3) is 6.66. The van der Waals surface area contributed by atoms with Gasteiger partial charge in [0.05, 0.1) is 36.6 Å². The highest BCUT2D eigenvalue weighted by atomic mass is 16.7. The van der Waals surface area contributed by atoms with Crippen molar-refractivity contribution in [3.63, 3.8) is 0 Å². The van der Waals surface area contributed by atoms with Crippen LogP contribution in [0, 0.1) is 45.3 Å². The molecule has 0 aromatic carbocycles. The maximum atomic E-state index is 12.2. The first-order chi connectivity index (χ1) is 24.0. The zero-order valence-electron chi connectivity index (χ0n) is 32.5. The molecule has 10 unspecified atom stereocenters. The number of hydrogen-bond donors (Lipinski definition) is 8. The lowest BCUT2D eigenvalue weighted by Gasteiger charge is -2.71. The second-order valence-corrected chi connectivity index (χ2v) is 19.6. The molecule has 52 heavy (non-hydrogen) atoms. The monoisotopic (exact) mass is 740 g/mol. The summed E-state index contributed by atoms with van der Waals surface area (Å²) in [6, 6.07) is 0. The average Bonchev–Trinajstić information content (AvgIpc) is 3.56. The largest absolute Gasteiger partial charge is 0.394 e. The Kier molecular flexibility index (Phi) is 11.0. The van der Waals surface area contributed by atoms with E-state index < -0.39 is 73.1 Å². The molecule has 0 aromatic heterocycles. The zero-order valence-corrected chi connectivity index (χ0v) is 32.5. The third-order valence-electron chi connectivity index (χ3n) is 15.7. The van der Waals surface area contributed by atoms with Crippen LogP contribution in [0.15, 0.2) is 12.2 Å². The molecule has 8 N–H and O–H groups in total. The predicted molar refractivity (Wildman–Crippen MR) is 190 cm³/mol. The number of ether oxygens (including phenoxy) is 4. The summed E-state index contributed by atoms with van der Waals surface area (Å²) in [6.45, 7) is 16.4. The van der Waals surface area contributed by atoms with Crippen molar-refractivity contribution in [2.45, 2.75) is 179 Å².